The number of anilines is 1. The molecule has 162 valence electrons. The summed E-state index contributed by atoms with van der Waals surface area (Å²) in [6, 6.07) is 10.4. The monoisotopic (exact) mass is 438 g/mol. The number of non-ortho nitro benzene ring substituents is 1. The molecule has 1 amide bonds. The number of benzene rings is 2. The smallest absolute Gasteiger partial charge is 0.270 e. The van der Waals surface area contributed by atoms with Gasteiger partial charge < -0.3 is 4.90 Å². The number of rotatable bonds is 8. The lowest BCUT2D eigenvalue weighted by Crippen LogP contribution is -2.32. The van der Waals surface area contributed by atoms with Crippen LogP contribution in [0.1, 0.15) is 23.1 Å². The maximum Gasteiger partial charge on any atom is 0.270 e. The third-order valence-electron chi connectivity index (χ3n) is 4.79. The lowest BCUT2D eigenvalue weighted by atomic mass is 10.1. The van der Waals surface area contributed by atoms with Gasteiger partial charge in [0.05, 0.1) is 15.1 Å². The Morgan fingerprint density at radius 1 is 1.19 bits per heavy atom. The highest BCUT2D eigenvalue weighted by Gasteiger charge is 2.19. The van der Waals surface area contributed by atoms with Crippen molar-refractivity contribution in [3.8, 4) is 0 Å². The van der Waals surface area contributed by atoms with E-state index in [9.17, 15) is 14.9 Å². The number of carbonyl (C=O) groups is 1. The summed E-state index contributed by atoms with van der Waals surface area (Å²) in [5.74, 6) is -0.196. The number of thiazole rings is 1. The van der Waals surface area contributed by atoms with Gasteiger partial charge >= 0.3 is 0 Å². The van der Waals surface area contributed by atoms with Crippen LogP contribution in [0.15, 0.2) is 42.5 Å². The van der Waals surface area contributed by atoms with Crippen LogP contribution < -0.4 is 4.90 Å². The van der Waals surface area contributed by atoms with Gasteiger partial charge in [-0.2, -0.15) is 0 Å². The second kappa shape index (κ2) is 9.80. The van der Waals surface area contributed by atoms with Crippen LogP contribution in [0, 0.1) is 24.0 Å². The van der Waals surface area contributed by atoms with Gasteiger partial charge in [0, 0.05) is 24.8 Å². The summed E-state index contributed by atoms with van der Waals surface area (Å²) in [7, 11) is 4.00. The number of nitrogens with zero attached hydrogens (tertiary/aromatic N) is 4. The van der Waals surface area contributed by atoms with E-state index in [1.165, 1.54) is 29.5 Å². The number of hydrogen-bond donors (Lipinski definition) is 0. The third kappa shape index (κ3) is 5.74. The number of amides is 1. The van der Waals surface area contributed by atoms with Gasteiger partial charge in [-0.05, 0) is 69.7 Å². The Hall–Kier alpha value is -3.10. The highest BCUT2D eigenvalue weighted by Crippen LogP contribution is 2.32. The summed E-state index contributed by atoms with van der Waals surface area (Å²) in [4.78, 5) is 32.1. The molecule has 2 aromatic carbocycles. The molecular formula is C23H26N4O3S. The van der Waals surface area contributed by atoms with Crippen molar-refractivity contribution in [3.63, 3.8) is 0 Å². The molecule has 8 heteroatoms. The first-order valence-electron chi connectivity index (χ1n) is 10.0. The molecule has 3 aromatic rings. The van der Waals surface area contributed by atoms with E-state index in [0.717, 1.165) is 34.3 Å². The molecule has 0 saturated carbocycles. The summed E-state index contributed by atoms with van der Waals surface area (Å²) < 4.78 is 1.08. The van der Waals surface area contributed by atoms with Crippen LogP contribution in [0.5, 0.6) is 0 Å². The molecule has 1 aromatic heterocycles. The van der Waals surface area contributed by atoms with E-state index in [0.29, 0.717) is 17.2 Å². The normalized spacial score (nSPS) is 11.5. The molecule has 0 atom stereocenters. The van der Waals surface area contributed by atoms with Crippen LogP contribution in [0.3, 0.4) is 0 Å². The molecule has 0 radical (unpaired) electrons. The van der Waals surface area contributed by atoms with Gasteiger partial charge in [0.25, 0.3) is 11.6 Å². The molecule has 7 nitrogen and oxygen atoms in total. The minimum absolute atomic E-state index is 0.00513. The number of aryl methyl sites for hydroxylation is 2. The minimum atomic E-state index is -0.446. The Morgan fingerprint density at radius 2 is 1.97 bits per heavy atom. The van der Waals surface area contributed by atoms with Gasteiger partial charge in [-0.25, -0.2) is 4.98 Å². The van der Waals surface area contributed by atoms with Crippen molar-refractivity contribution < 1.29 is 9.72 Å². The molecule has 0 N–H and O–H groups in total. The standard InChI is InChI=1S/C23H26N4O3S/c1-16-13-17(2)22-20(14-16)24-23(31-22)26(12-6-11-25(3)4)21(28)10-9-18-7-5-8-19(15-18)27(29)30/h5,7-10,13-15H,6,11-12H2,1-4H3/b10-9+. The van der Waals surface area contributed by atoms with Crippen LogP contribution in [-0.2, 0) is 4.79 Å². The summed E-state index contributed by atoms with van der Waals surface area (Å²) in [6.45, 7) is 5.47. The average Bonchev–Trinajstić information content (AvgIpc) is 3.13. The topological polar surface area (TPSA) is 79.6 Å². The zero-order valence-electron chi connectivity index (χ0n) is 18.2. The van der Waals surface area contributed by atoms with E-state index >= 15 is 0 Å². The van der Waals surface area contributed by atoms with E-state index in [4.69, 9.17) is 4.98 Å². The molecule has 0 bridgehead atoms. The van der Waals surface area contributed by atoms with Gasteiger partial charge in [-0.1, -0.05) is 29.5 Å². The average molecular weight is 439 g/mol. The van der Waals surface area contributed by atoms with E-state index in [2.05, 4.69) is 17.9 Å². The molecule has 0 aliphatic rings. The van der Waals surface area contributed by atoms with Gasteiger partial charge in [-0.3, -0.25) is 19.8 Å². The fourth-order valence-corrected chi connectivity index (χ4v) is 4.37. The Bertz CT molecular complexity index is 1140. The molecule has 0 aliphatic heterocycles. The summed E-state index contributed by atoms with van der Waals surface area (Å²) in [6.07, 6.45) is 3.87. The molecule has 0 unspecified atom stereocenters. The predicted molar refractivity (Wildman–Crippen MR) is 127 cm³/mol. The van der Waals surface area contributed by atoms with Crippen LogP contribution in [0.2, 0.25) is 0 Å². The lowest BCUT2D eigenvalue weighted by Gasteiger charge is -2.19. The third-order valence-corrected chi connectivity index (χ3v) is 6.02. The highest BCUT2D eigenvalue weighted by molar-refractivity contribution is 7.22. The van der Waals surface area contributed by atoms with Crippen molar-refractivity contribution in [1.29, 1.82) is 0 Å². The number of nitro benzene ring substituents is 1. The van der Waals surface area contributed by atoms with Crippen LogP contribution in [0.4, 0.5) is 10.8 Å². The first kappa shape index (κ1) is 22.6. The van der Waals surface area contributed by atoms with E-state index in [1.54, 1.807) is 23.1 Å². The number of fused-ring (bicyclic) bond motifs is 1. The number of nitro groups is 1. The van der Waals surface area contributed by atoms with Crippen molar-refractivity contribution in [2.24, 2.45) is 0 Å². The zero-order valence-corrected chi connectivity index (χ0v) is 19.0. The van der Waals surface area contributed by atoms with Crippen molar-refractivity contribution >= 4 is 44.4 Å². The van der Waals surface area contributed by atoms with Crippen molar-refractivity contribution in [2.75, 3.05) is 32.1 Å². The summed E-state index contributed by atoms with van der Waals surface area (Å²) in [5.41, 5.74) is 3.77. The Balaban J connectivity index is 1.89. The van der Waals surface area contributed by atoms with Crippen molar-refractivity contribution in [1.82, 2.24) is 9.88 Å². The van der Waals surface area contributed by atoms with E-state index in [-0.39, 0.29) is 11.6 Å². The molecule has 3 rings (SSSR count). The molecular weight excluding hydrogens is 412 g/mol. The van der Waals surface area contributed by atoms with Crippen LogP contribution >= 0.6 is 11.3 Å². The lowest BCUT2D eigenvalue weighted by molar-refractivity contribution is -0.384. The predicted octanol–water partition coefficient (Wildman–Crippen LogP) is 4.82. The molecule has 1 heterocycles. The van der Waals surface area contributed by atoms with Gasteiger partial charge in [-0.15, -0.1) is 0 Å². The van der Waals surface area contributed by atoms with Crippen LogP contribution in [-0.4, -0.2) is 47.9 Å². The first-order valence-corrected chi connectivity index (χ1v) is 10.8. The Morgan fingerprint density at radius 3 is 2.68 bits per heavy atom. The van der Waals surface area contributed by atoms with E-state index < -0.39 is 4.92 Å². The summed E-state index contributed by atoms with van der Waals surface area (Å²) >= 11 is 1.51. The van der Waals surface area contributed by atoms with Gasteiger partial charge in [0.1, 0.15) is 0 Å². The fourth-order valence-electron chi connectivity index (χ4n) is 3.33. The molecule has 0 fully saturated rings. The maximum absolute atomic E-state index is 13.1. The largest absolute Gasteiger partial charge is 0.309 e. The SMILES string of the molecule is Cc1cc(C)c2sc(N(CCCN(C)C)C(=O)/C=C/c3cccc([N+](=O)[O-])c3)nc2c1. The number of aromatic nitrogens is 1. The van der Waals surface area contributed by atoms with Crippen molar-refractivity contribution in [3.05, 3.63) is 69.3 Å². The number of carbonyl (C=O) groups excluding carboxylic acids is 1. The fraction of sp³-hybridized carbons (Fsp3) is 0.304. The maximum atomic E-state index is 13.1. The second-order valence-electron chi connectivity index (χ2n) is 7.76. The quantitative estimate of drug-likeness (QED) is 0.286. The first-order chi connectivity index (χ1) is 14.7. The molecule has 0 aliphatic carbocycles. The van der Waals surface area contributed by atoms with E-state index in [1.807, 2.05) is 27.1 Å². The minimum Gasteiger partial charge on any atom is -0.309 e. The van der Waals surface area contributed by atoms with Crippen LogP contribution in [0.25, 0.3) is 16.3 Å². The highest BCUT2D eigenvalue weighted by atomic mass is 32.1. The second-order valence-corrected chi connectivity index (χ2v) is 8.74. The Labute approximate surface area is 185 Å². The zero-order chi connectivity index (χ0) is 22.5. The summed E-state index contributed by atoms with van der Waals surface area (Å²) in [5, 5.41) is 11.7. The number of hydrogen-bond acceptors (Lipinski definition) is 6. The van der Waals surface area contributed by atoms with Gasteiger partial charge in [0.2, 0.25) is 0 Å². The Kier molecular flexibility index (Phi) is 7.14. The van der Waals surface area contributed by atoms with Crippen molar-refractivity contribution in [2.45, 2.75) is 20.3 Å². The molecule has 31 heavy (non-hydrogen) atoms. The van der Waals surface area contributed by atoms with Gasteiger partial charge in [0.15, 0.2) is 5.13 Å². The molecule has 0 spiro atoms. The molecule has 0 saturated heterocycles.